The van der Waals surface area contributed by atoms with E-state index in [9.17, 15) is 23.1 Å². The molecule has 0 radical (unpaired) electrons. The summed E-state index contributed by atoms with van der Waals surface area (Å²) in [5.74, 6) is -3.08. The number of esters is 1. The van der Waals surface area contributed by atoms with E-state index >= 15 is 0 Å². The molecule has 122 valence electrons. The molecule has 2 N–H and O–H groups in total. The third-order valence-electron chi connectivity index (χ3n) is 4.61. The van der Waals surface area contributed by atoms with Gasteiger partial charge in [0.25, 0.3) is 0 Å². The van der Waals surface area contributed by atoms with Crippen LogP contribution in [0.2, 0.25) is 0 Å². The van der Waals surface area contributed by atoms with Crippen molar-refractivity contribution in [3.63, 3.8) is 0 Å². The van der Waals surface area contributed by atoms with E-state index in [1.165, 1.54) is 0 Å². The highest BCUT2D eigenvalue weighted by Crippen LogP contribution is 2.45. The first kappa shape index (κ1) is 17.9. The maximum absolute atomic E-state index is 11.9. The Morgan fingerprint density at radius 2 is 1.90 bits per heavy atom. The van der Waals surface area contributed by atoms with Gasteiger partial charge in [-0.2, -0.15) is 0 Å². The Labute approximate surface area is 125 Å². The first-order chi connectivity index (χ1) is 9.51. The quantitative estimate of drug-likeness (QED) is 0.718. The fraction of sp³-hybridized carbons (Fsp3) is 0.846. The Hall–Kier alpha value is -1.15. The number of carboxylic acids is 1. The van der Waals surface area contributed by atoms with E-state index in [1.54, 1.807) is 0 Å². The van der Waals surface area contributed by atoms with Gasteiger partial charge in [-0.3, -0.25) is 9.59 Å². The first-order valence-electron chi connectivity index (χ1n) is 6.81. The molecule has 0 spiro atoms. The van der Waals surface area contributed by atoms with Crippen LogP contribution < -0.4 is 4.72 Å². The van der Waals surface area contributed by atoms with Crippen LogP contribution in [0.4, 0.5) is 0 Å². The predicted octanol–water partition coefficient (Wildman–Crippen LogP) is 0.604. The lowest BCUT2D eigenvalue weighted by molar-refractivity contribution is -0.150. The summed E-state index contributed by atoms with van der Waals surface area (Å²) in [5.41, 5.74) is -0.539. The normalized spacial score (nSPS) is 28.9. The van der Waals surface area contributed by atoms with Crippen LogP contribution in [0.5, 0.6) is 0 Å². The topological polar surface area (TPSA) is 110 Å². The van der Waals surface area contributed by atoms with Crippen molar-refractivity contribution in [2.24, 2.45) is 17.3 Å². The molecule has 1 saturated carbocycles. The van der Waals surface area contributed by atoms with E-state index in [0.29, 0.717) is 12.8 Å². The number of carbonyl (C=O) groups excluding carboxylic acids is 1. The van der Waals surface area contributed by atoms with Gasteiger partial charge in [0, 0.05) is 6.04 Å². The lowest BCUT2D eigenvalue weighted by atomic mass is 9.61. The second-order valence-electron chi connectivity index (χ2n) is 6.14. The van der Waals surface area contributed by atoms with E-state index in [4.69, 9.17) is 0 Å². The number of ether oxygens (including phenoxy) is 1. The van der Waals surface area contributed by atoms with Gasteiger partial charge in [0.2, 0.25) is 10.0 Å². The zero-order chi connectivity index (χ0) is 16.4. The lowest BCUT2D eigenvalue weighted by Gasteiger charge is -2.46. The molecule has 0 aromatic rings. The average Bonchev–Trinajstić information content (AvgIpc) is 2.33. The Balaban J connectivity index is 2.83. The highest BCUT2D eigenvalue weighted by molar-refractivity contribution is 7.90. The molecular formula is C13H23NO6S. The minimum absolute atomic E-state index is 0.167. The maximum Gasteiger partial charge on any atom is 0.322 e. The van der Waals surface area contributed by atoms with E-state index in [2.05, 4.69) is 9.46 Å². The third-order valence-corrected chi connectivity index (χ3v) is 5.88. The van der Waals surface area contributed by atoms with E-state index in [1.807, 2.05) is 20.8 Å². The minimum Gasteiger partial charge on any atom is -0.481 e. The van der Waals surface area contributed by atoms with Crippen molar-refractivity contribution < 1.29 is 27.9 Å². The summed E-state index contributed by atoms with van der Waals surface area (Å²) in [7, 11) is -2.66. The van der Waals surface area contributed by atoms with Crippen molar-refractivity contribution in [2.75, 3.05) is 12.9 Å². The number of hydrogen-bond acceptors (Lipinski definition) is 5. The van der Waals surface area contributed by atoms with Crippen LogP contribution in [-0.4, -0.2) is 44.4 Å². The monoisotopic (exact) mass is 321 g/mol. The molecule has 3 unspecified atom stereocenters. The highest BCUT2D eigenvalue weighted by atomic mass is 32.2. The number of carboxylic acid groups (broad SMARTS) is 1. The second-order valence-corrected chi connectivity index (χ2v) is 7.89. The van der Waals surface area contributed by atoms with Crippen molar-refractivity contribution in [3.8, 4) is 0 Å². The van der Waals surface area contributed by atoms with Crippen LogP contribution >= 0.6 is 0 Å². The van der Waals surface area contributed by atoms with Crippen molar-refractivity contribution in [3.05, 3.63) is 0 Å². The summed E-state index contributed by atoms with van der Waals surface area (Å²) in [5, 5.41) is 9.26. The van der Waals surface area contributed by atoms with Crippen LogP contribution in [0.15, 0.2) is 0 Å². The molecule has 0 aromatic carbocycles. The standard InChI is InChI=1S/C13H23NO6S/c1-8-10(14-21(18,19)7-11(15)20-4)6-5-9(12(16)17)13(8,2)3/h8-10,14H,5-7H2,1-4H3,(H,16,17). The van der Waals surface area contributed by atoms with Crippen molar-refractivity contribution in [2.45, 2.75) is 39.7 Å². The number of nitrogens with one attached hydrogen (secondary N) is 1. The summed E-state index contributed by atoms with van der Waals surface area (Å²) < 4.78 is 30.7. The van der Waals surface area contributed by atoms with Crippen LogP contribution in [0.1, 0.15) is 33.6 Å². The van der Waals surface area contributed by atoms with Gasteiger partial charge in [-0.15, -0.1) is 0 Å². The molecule has 7 nitrogen and oxygen atoms in total. The third kappa shape index (κ3) is 4.16. The molecular weight excluding hydrogens is 298 g/mol. The van der Waals surface area contributed by atoms with Crippen molar-refractivity contribution >= 4 is 22.0 Å². The summed E-state index contributed by atoms with van der Waals surface area (Å²) in [6, 6.07) is -0.384. The minimum atomic E-state index is -3.79. The van der Waals surface area contributed by atoms with E-state index in [-0.39, 0.29) is 12.0 Å². The van der Waals surface area contributed by atoms with Gasteiger partial charge < -0.3 is 9.84 Å². The summed E-state index contributed by atoms with van der Waals surface area (Å²) in [4.78, 5) is 22.4. The Morgan fingerprint density at radius 3 is 2.38 bits per heavy atom. The van der Waals surface area contributed by atoms with Crippen molar-refractivity contribution in [1.82, 2.24) is 4.72 Å². The van der Waals surface area contributed by atoms with Crippen molar-refractivity contribution in [1.29, 1.82) is 0 Å². The molecule has 21 heavy (non-hydrogen) atoms. The SMILES string of the molecule is COC(=O)CS(=O)(=O)NC1CCC(C(=O)O)C(C)(C)C1C. The first-order valence-corrected chi connectivity index (χ1v) is 8.46. The van der Waals surface area contributed by atoms with Gasteiger partial charge in [0.05, 0.1) is 13.0 Å². The lowest BCUT2D eigenvalue weighted by Crippen LogP contribution is -2.53. The molecule has 0 aliphatic heterocycles. The molecule has 8 heteroatoms. The smallest absolute Gasteiger partial charge is 0.322 e. The molecule has 1 fully saturated rings. The van der Waals surface area contributed by atoms with Gasteiger partial charge in [0.15, 0.2) is 5.75 Å². The summed E-state index contributed by atoms with van der Waals surface area (Å²) in [6.45, 7) is 5.49. The largest absolute Gasteiger partial charge is 0.481 e. The number of sulfonamides is 1. The van der Waals surface area contributed by atoms with Crippen LogP contribution in [-0.2, 0) is 24.3 Å². The number of rotatable bonds is 5. The number of hydrogen-bond donors (Lipinski definition) is 2. The average molecular weight is 321 g/mol. The molecule has 0 saturated heterocycles. The van der Waals surface area contributed by atoms with Crippen LogP contribution in [0.3, 0.4) is 0 Å². The number of methoxy groups -OCH3 is 1. The molecule has 1 aliphatic rings. The van der Waals surface area contributed by atoms with Crippen LogP contribution in [0.25, 0.3) is 0 Å². The number of aliphatic carboxylic acids is 1. The summed E-state index contributed by atoms with van der Waals surface area (Å²) in [6.07, 6.45) is 0.833. The Morgan fingerprint density at radius 1 is 1.33 bits per heavy atom. The van der Waals surface area contributed by atoms with Gasteiger partial charge in [-0.05, 0) is 24.2 Å². The van der Waals surface area contributed by atoms with Gasteiger partial charge >= 0.3 is 11.9 Å². The molecule has 0 aromatic heterocycles. The van der Waals surface area contributed by atoms with Gasteiger partial charge in [0.1, 0.15) is 0 Å². The molecule has 1 aliphatic carbocycles. The zero-order valence-corrected chi connectivity index (χ0v) is 13.6. The molecule has 1 rings (SSSR count). The molecule has 0 heterocycles. The maximum atomic E-state index is 11.9. The summed E-state index contributed by atoms with van der Waals surface area (Å²) >= 11 is 0. The Kier molecular flexibility index (Phi) is 5.38. The van der Waals surface area contributed by atoms with Crippen LogP contribution in [0, 0.1) is 17.3 Å². The van der Waals surface area contributed by atoms with E-state index < -0.39 is 39.0 Å². The van der Waals surface area contributed by atoms with Gasteiger partial charge in [-0.25, -0.2) is 13.1 Å². The van der Waals surface area contributed by atoms with E-state index in [0.717, 1.165) is 7.11 Å². The molecule has 0 bridgehead atoms. The molecule has 0 amide bonds. The Bertz CT molecular complexity index is 513. The van der Waals surface area contributed by atoms with Gasteiger partial charge in [-0.1, -0.05) is 20.8 Å². The predicted molar refractivity (Wildman–Crippen MR) is 76.0 cm³/mol. The zero-order valence-electron chi connectivity index (χ0n) is 12.8. The molecule has 3 atom stereocenters. The highest BCUT2D eigenvalue weighted by Gasteiger charge is 2.47. The number of carbonyl (C=O) groups is 2. The fourth-order valence-electron chi connectivity index (χ4n) is 2.89. The second kappa shape index (κ2) is 6.31. The fourth-order valence-corrected chi connectivity index (χ4v) is 4.19.